The number of anilines is 1. The van der Waals surface area contributed by atoms with Gasteiger partial charge in [-0.05, 0) is 88.0 Å². The highest BCUT2D eigenvalue weighted by Gasteiger charge is 2.40. The fraction of sp³-hybridized carbons (Fsp3) is 0.610. The first-order valence-corrected chi connectivity index (χ1v) is 19.7. The molecule has 0 aliphatic carbocycles. The lowest BCUT2D eigenvalue weighted by atomic mass is 9.93. The smallest absolute Gasteiger partial charge is 0.286 e. The van der Waals surface area contributed by atoms with Gasteiger partial charge in [0.1, 0.15) is 11.6 Å². The summed E-state index contributed by atoms with van der Waals surface area (Å²) >= 11 is 1.64. The fourth-order valence-corrected chi connectivity index (χ4v) is 8.54. The molecule has 4 rings (SSSR count). The molecule has 266 valence electrons. The molecule has 49 heavy (non-hydrogen) atoms. The van der Waals surface area contributed by atoms with Crippen LogP contribution in [0.4, 0.5) is 5.13 Å². The van der Waals surface area contributed by atoms with Crippen LogP contribution in [0.15, 0.2) is 28.9 Å². The highest BCUT2D eigenvalue weighted by atomic mass is 32.1. The number of imide groups is 1. The van der Waals surface area contributed by atoms with Crippen molar-refractivity contribution in [3.05, 3.63) is 50.4 Å². The van der Waals surface area contributed by atoms with E-state index in [1.807, 2.05) is 11.1 Å². The minimum atomic E-state index is -0.513. The molecule has 0 bridgehead atoms. The van der Waals surface area contributed by atoms with Crippen molar-refractivity contribution in [3.63, 3.8) is 0 Å². The summed E-state index contributed by atoms with van der Waals surface area (Å²) in [6, 6.07) is 6.54. The normalized spacial score (nSPS) is 17.9. The molecular formula is C41H59N5O2S. The molecule has 1 aromatic carbocycles. The molecule has 2 amide bonds. The Morgan fingerprint density at radius 2 is 1.47 bits per heavy atom. The largest absolute Gasteiger partial charge is 0.348 e. The van der Waals surface area contributed by atoms with Gasteiger partial charge in [0.15, 0.2) is 5.13 Å². The quantitative estimate of drug-likeness (QED) is 0.129. The van der Waals surface area contributed by atoms with Crippen molar-refractivity contribution in [1.29, 1.82) is 5.26 Å². The first-order valence-electron chi connectivity index (χ1n) is 18.9. The predicted molar refractivity (Wildman–Crippen MR) is 204 cm³/mol. The van der Waals surface area contributed by atoms with Crippen LogP contribution in [0.2, 0.25) is 0 Å². The van der Waals surface area contributed by atoms with Crippen LogP contribution < -0.4 is 4.90 Å². The number of rotatable bonds is 16. The van der Waals surface area contributed by atoms with Crippen molar-refractivity contribution < 1.29 is 9.59 Å². The zero-order valence-electron chi connectivity index (χ0n) is 31.5. The van der Waals surface area contributed by atoms with E-state index in [1.165, 1.54) is 49.1 Å². The summed E-state index contributed by atoms with van der Waals surface area (Å²) in [6.07, 6.45) is 14.3. The minimum absolute atomic E-state index is 0.0375. The molecule has 0 spiro atoms. The van der Waals surface area contributed by atoms with E-state index in [1.54, 1.807) is 18.3 Å². The monoisotopic (exact) mass is 685 g/mol. The minimum Gasteiger partial charge on any atom is -0.348 e. The lowest BCUT2D eigenvalue weighted by Gasteiger charge is -2.38. The number of piperidine rings is 1. The van der Waals surface area contributed by atoms with Crippen LogP contribution in [0.25, 0.3) is 17.3 Å². The molecule has 2 aliphatic heterocycles. The third-order valence-corrected chi connectivity index (χ3v) is 11.5. The van der Waals surface area contributed by atoms with E-state index in [0.29, 0.717) is 36.1 Å². The summed E-state index contributed by atoms with van der Waals surface area (Å²) in [6.45, 7) is 20.5. The number of aromatic nitrogens is 1. The summed E-state index contributed by atoms with van der Waals surface area (Å²) < 4.78 is 0. The third kappa shape index (κ3) is 9.10. The molecule has 8 heteroatoms. The molecule has 1 aromatic heterocycles. The van der Waals surface area contributed by atoms with Crippen molar-refractivity contribution in [1.82, 2.24) is 15.0 Å². The van der Waals surface area contributed by atoms with E-state index in [0.717, 1.165) is 77.6 Å². The zero-order valence-corrected chi connectivity index (χ0v) is 32.3. The second-order valence-electron chi connectivity index (χ2n) is 14.3. The average molecular weight is 686 g/mol. The Balaban J connectivity index is 1.92. The maximum Gasteiger partial charge on any atom is 0.286 e. The van der Waals surface area contributed by atoms with E-state index in [9.17, 15) is 14.9 Å². The Kier molecular flexibility index (Phi) is 14.2. The number of thiazole rings is 1. The van der Waals surface area contributed by atoms with Gasteiger partial charge in [-0.1, -0.05) is 102 Å². The Morgan fingerprint density at radius 3 is 1.98 bits per heavy atom. The summed E-state index contributed by atoms with van der Waals surface area (Å²) in [5, 5.41) is 14.2. The zero-order chi connectivity index (χ0) is 35.7. The topological polar surface area (TPSA) is 80.5 Å². The Hall–Kier alpha value is -3.28. The number of hydrazine groups is 1. The van der Waals surface area contributed by atoms with Crippen LogP contribution in [0.1, 0.15) is 127 Å². The number of unbranched alkanes of at least 4 members (excludes halogenated alkanes) is 2. The molecule has 3 heterocycles. The van der Waals surface area contributed by atoms with Gasteiger partial charge in [0, 0.05) is 37.3 Å². The number of hydrogen-bond acceptors (Lipinski definition) is 7. The second-order valence-corrected chi connectivity index (χ2v) is 15.3. The summed E-state index contributed by atoms with van der Waals surface area (Å²) in [7, 11) is 0. The SMILES string of the molecule is CCCCC(CC)CN(CC(CC)CCCC)c1nc(-c2c(C)cc(C)cc2C)c(/C=C2\C(=O)N(N3CCCCC3)C(=O)C(C#N)=C2C)s1. The van der Waals surface area contributed by atoms with Crippen LogP contribution in [-0.4, -0.2) is 53.0 Å². The summed E-state index contributed by atoms with van der Waals surface area (Å²) in [5.74, 6) is 0.289. The first kappa shape index (κ1) is 38.5. The second kappa shape index (κ2) is 18.1. The van der Waals surface area contributed by atoms with Gasteiger partial charge in [0.2, 0.25) is 0 Å². The van der Waals surface area contributed by atoms with Crippen molar-refractivity contribution in [3.8, 4) is 17.3 Å². The van der Waals surface area contributed by atoms with Gasteiger partial charge in [0.05, 0.1) is 10.6 Å². The maximum atomic E-state index is 14.3. The van der Waals surface area contributed by atoms with Crippen LogP contribution >= 0.6 is 11.3 Å². The van der Waals surface area contributed by atoms with E-state index >= 15 is 0 Å². The van der Waals surface area contributed by atoms with Gasteiger partial charge in [-0.15, -0.1) is 0 Å². The van der Waals surface area contributed by atoms with Crippen molar-refractivity contribution in [2.75, 3.05) is 31.1 Å². The highest BCUT2D eigenvalue weighted by Crippen LogP contribution is 2.41. The number of nitrogens with zero attached hydrogens (tertiary/aromatic N) is 5. The summed E-state index contributed by atoms with van der Waals surface area (Å²) in [4.78, 5) is 36.7. The predicted octanol–water partition coefficient (Wildman–Crippen LogP) is 9.97. The van der Waals surface area contributed by atoms with Crippen LogP contribution in [0.5, 0.6) is 0 Å². The van der Waals surface area contributed by atoms with Crippen LogP contribution in [0.3, 0.4) is 0 Å². The van der Waals surface area contributed by atoms with Gasteiger partial charge >= 0.3 is 0 Å². The highest BCUT2D eigenvalue weighted by molar-refractivity contribution is 7.17. The van der Waals surface area contributed by atoms with Crippen molar-refractivity contribution in [2.45, 2.75) is 126 Å². The van der Waals surface area contributed by atoms with Gasteiger partial charge < -0.3 is 4.90 Å². The van der Waals surface area contributed by atoms with Crippen LogP contribution in [-0.2, 0) is 9.59 Å². The summed E-state index contributed by atoms with van der Waals surface area (Å²) in [5.41, 5.74) is 6.34. The molecule has 2 aliphatic rings. The molecule has 0 N–H and O–H groups in total. The van der Waals surface area contributed by atoms with Gasteiger partial charge in [-0.2, -0.15) is 5.26 Å². The van der Waals surface area contributed by atoms with E-state index in [4.69, 9.17) is 4.98 Å². The lowest BCUT2D eigenvalue weighted by molar-refractivity contribution is -0.161. The lowest BCUT2D eigenvalue weighted by Crippen LogP contribution is -2.54. The number of aryl methyl sites for hydroxylation is 3. The number of benzene rings is 1. The van der Waals surface area contributed by atoms with Crippen molar-refractivity contribution >= 4 is 34.4 Å². The van der Waals surface area contributed by atoms with E-state index in [-0.39, 0.29) is 11.5 Å². The third-order valence-electron chi connectivity index (χ3n) is 10.5. The molecule has 7 nitrogen and oxygen atoms in total. The maximum absolute atomic E-state index is 14.3. The molecule has 1 fully saturated rings. The molecule has 2 unspecified atom stereocenters. The number of nitriles is 1. The van der Waals surface area contributed by atoms with Gasteiger partial charge in [-0.3, -0.25) is 9.59 Å². The number of carbonyl (C=O) groups is 2. The standard InChI is InChI=1S/C41H59N5O2S/c1-9-13-18-32(11-3)26-44(27-33(12-4)19-14-10-2)41-43-38(37-29(6)22-28(5)23-30(37)7)36(49-41)24-34-31(8)35(25-42)40(48)46(39(34)47)45-20-16-15-17-21-45/h22-24,32-33H,9-21,26-27H2,1-8H3/b34-24-. The average Bonchev–Trinajstić information content (AvgIpc) is 3.49. The van der Waals surface area contributed by atoms with E-state index < -0.39 is 5.91 Å². The molecular weight excluding hydrogens is 627 g/mol. The molecule has 0 radical (unpaired) electrons. The number of hydrogen-bond donors (Lipinski definition) is 0. The van der Waals surface area contributed by atoms with Crippen molar-refractivity contribution in [2.24, 2.45) is 11.8 Å². The van der Waals surface area contributed by atoms with Crippen LogP contribution in [0, 0.1) is 43.9 Å². The molecule has 1 saturated heterocycles. The Labute approximate surface area is 300 Å². The first-order chi connectivity index (χ1) is 23.6. The van der Waals surface area contributed by atoms with E-state index in [2.05, 4.69) is 71.6 Å². The molecule has 2 aromatic rings. The Morgan fingerprint density at radius 1 is 0.898 bits per heavy atom. The number of amides is 2. The number of carbonyl (C=O) groups excluding carboxylic acids is 2. The van der Waals surface area contributed by atoms with Gasteiger partial charge in [-0.25, -0.2) is 15.0 Å². The van der Waals surface area contributed by atoms with Gasteiger partial charge in [0.25, 0.3) is 11.8 Å². The molecule has 0 saturated carbocycles. The fourth-order valence-electron chi connectivity index (χ4n) is 7.51. The Bertz CT molecular complexity index is 1530. The molecule has 2 atom stereocenters.